The minimum Gasteiger partial charge on any atom is -0.451 e. The second-order valence-corrected chi connectivity index (χ2v) is 5.56. The fraction of sp³-hybridized carbons (Fsp3) is 0.438. The Morgan fingerprint density at radius 2 is 2.00 bits per heavy atom. The van der Waals surface area contributed by atoms with E-state index in [0.29, 0.717) is 18.3 Å². The van der Waals surface area contributed by atoms with Gasteiger partial charge in [-0.1, -0.05) is 18.2 Å². The highest BCUT2D eigenvalue weighted by molar-refractivity contribution is 5.96. The third-order valence-electron chi connectivity index (χ3n) is 4.20. The molecule has 0 spiro atoms. The lowest BCUT2D eigenvalue weighted by Gasteiger charge is -2.37. The maximum absolute atomic E-state index is 12.5. The number of fused-ring (bicyclic) bond motifs is 1. The number of para-hydroxylation sites is 1. The number of nitrogens with two attached hydrogens (primary N) is 1. The first kappa shape index (κ1) is 14.1. The van der Waals surface area contributed by atoms with Gasteiger partial charge < -0.3 is 15.1 Å². The monoisotopic (exact) mass is 287 g/mol. The predicted octanol–water partition coefficient (Wildman–Crippen LogP) is 1.54. The van der Waals surface area contributed by atoms with Crippen LogP contribution < -0.4 is 5.73 Å². The fourth-order valence-electron chi connectivity index (χ4n) is 2.76. The van der Waals surface area contributed by atoms with Gasteiger partial charge in [-0.05, 0) is 19.1 Å². The zero-order chi connectivity index (χ0) is 14.8. The molecule has 0 aliphatic carbocycles. The summed E-state index contributed by atoms with van der Waals surface area (Å²) in [5.41, 5.74) is 6.45. The number of rotatable bonds is 3. The molecule has 2 aromatic rings. The quantitative estimate of drug-likeness (QED) is 0.930. The molecule has 5 nitrogen and oxygen atoms in total. The summed E-state index contributed by atoms with van der Waals surface area (Å²) in [6.07, 6.45) is 0. The molecule has 0 saturated carbocycles. The van der Waals surface area contributed by atoms with Crippen LogP contribution in [0.25, 0.3) is 11.0 Å². The standard InChI is InChI=1S/C16H21N3O2/c1-12(11-17)18-6-8-19(9-7-18)16(20)15-10-13-4-2-3-5-14(13)21-15/h2-5,10,12H,6-9,11,17H2,1H3. The van der Waals surface area contributed by atoms with E-state index in [1.54, 1.807) is 0 Å². The summed E-state index contributed by atoms with van der Waals surface area (Å²) in [7, 11) is 0. The third-order valence-corrected chi connectivity index (χ3v) is 4.20. The Morgan fingerprint density at radius 1 is 1.29 bits per heavy atom. The second-order valence-electron chi connectivity index (χ2n) is 5.56. The number of carbonyl (C=O) groups excluding carboxylic acids is 1. The van der Waals surface area contributed by atoms with Gasteiger partial charge in [-0.2, -0.15) is 0 Å². The SMILES string of the molecule is CC(CN)N1CCN(C(=O)c2cc3ccccc3o2)CC1. The minimum atomic E-state index is -0.0220. The van der Waals surface area contributed by atoms with Gasteiger partial charge in [0, 0.05) is 44.2 Å². The molecule has 1 aliphatic heterocycles. The molecular formula is C16H21N3O2. The number of amides is 1. The Balaban J connectivity index is 1.69. The highest BCUT2D eigenvalue weighted by atomic mass is 16.3. The van der Waals surface area contributed by atoms with Gasteiger partial charge in [-0.3, -0.25) is 9.69 Å². The van der Waals surface area contributed by atoms with E-state index in [1.807, 2.05) is 35.2 Å². The van der Waals surface area contributed by atoms with Crippen LogP contribution in [-0.2, 0) is 0 Å². The maximum Gasteiger partial charge on any atom is 0.289 e. The molecule has 1 aliphatic rings. The number of nitrogens with zero attached hydrogens (tertiary/aromatic N) is 2. The van der Waals surface area contributed by atoms with Crippen LogP contribution in [-0.4, -0.2) is 54.5 Å². The van der Waals surface area contributed by atoms with Gasteiger partial charge in [0.05, 0.1) is 0 Å². The number of hydrogen-bond acceptors (Lipinski definition) is 4. The van der Waals surface area contributed by atoms with Gasteiger partial charge in [0.15, 0.2) is 5.76 Å². The highest BCUT2D eigenvalue weighted by Gasteiger charge is 2.26. The van der Waals surface area contributed by atoms with E-state index in [-0.39, 0.29) is 5.91 Å². The summed E-state index contributed by atoms with van der Waals surface area (Å²) in [6.45, 7) is 5.95. The zero-order valence-electron chi connectivity index (χ0n) is 12.3. The van der Waals surface area contributed by atoms with Crippen LogP contribution in [0.4, 0.5) is 0 Å². The number of furan rings is 1. The van der Waals surface area contributed by atoms with Crippen LogP contribution >= 0.6 is 0 Å². The Hall–Kier alpha value is -1.85. The fourth-order valence-corrected chi connectivity index (χ4v) is 2.76. The number of piperazine rings is 1. The van der Waals surface area contributed by atoms with Gasteiger partial charge in [0.1, 0.15) is 5.58 Å². The van der Waals surface area contributed by atoms with Crippen molar-refractivity contribution in [1.29, 1.82) is 0 Å². The number of benzene rings is 1. The molecule has 2 heterocycles. The summed E-state index contributed by atoms with van der Waals surface area (Å²) < 4.78 is 5.65. The van der Waals surface area contributed by atoms with Gasteiger partial charge in [-0.15, -0.1) is 0 Å². The lowest BCUT2D eigenvalue weighted by Crippen LogP contribution is -2.52. The van der Waals surface area contributed by atoms with Crippen molar-refractivity contribution in [3.63, 3.8) is 0 Å². The van der Waals surface area contributed by atoms with Crippen molar-refractivity contribution in [3.05, 3.63) is 36.1 Å². The van der Waals surface area contributed by atoms with Crippen molar-refractivity contribution in [2.75, 3.05) is 32.7 Å². The molecule has 0 radical (unpaired) electrons. The van der Waals surface area contributed by atoms with Gasteiger partial charge >= 0.3 is 0 Å². The molecule has 5 heteroatoms. The normalized spacial score (nSPS) is 18.1. The summed E-state index contributed by atoms with van der Waals surface area (Å²) in [4.78, 5) is 16.7. The van der Waals surface area contributed by atoms with Crippen molar-refractivity contribution in [1.82, 2.24) is 9.80 Å². The maximum atomic E-state index is 12.5. The topological polar surface area (TPSA) is 62.7 Å². The van der Waals surface area contributed by atoms with Crippen molar-refractivity contribution in [2.45, 2.75) is 13.0 Å². The average molecular weight is 287 g/mol. The Kier molecular flexibility index (Phi) is 3.94. The first-order chi connectivity index (χ1) is 10.2. The van der Waals surface area contributed by atoms with Crippen LogP contribution in [0.2, 0.25) is 0 Å². The molecular weight excluding hydrogens is 266 g/mol. The first-order valence-electron chi connectivity index (χ1n) is 7.41. The van der Waals surface area contributed by atoms with E-state index in [4.69, 9.17) is 10.2 Å². The lowest BCUT2D eigenvalue weighted by atomic mass is 10.2. The third kappa shape index (κ3) is 2.80. The Morgan fingerprint density at radius 3 is 2.67 bits per heavy atom. The molecule has 21 heavy (non-hydrogen) atoms. The largest absolute Gasteiger partial charge is 0.451 e. The summed E-state index contributed by atoms with van der Waals surface area (Å²) in [6, 6.07) is 9.88. The molecule has 112 valence electrons. The molecule has 1 aromatic carbocycles. The molecule has 1 saturated heterocycles. The predicted molar refractivity (Wildman–Crippen MR) is 82.2 cm³/mol. The van der Waals surface area contributed by atoms with E-state index in [1.165, 1.54) is 0 Å². The van der Waals surface area contributed by atoms with Crippen LogP contribution in [0.1, 0.15) is 17.5 Å². The van der Waals surface area contributed by atoms with E-state index >= 15 is 0 Å². The van der Waals surface area contributed by atoms with E-state index in [2.05, 4.69) is 11.8 Å². The number of carbonyl (C=O) groups is 1. The average Bonchev–Trinajstić information content (AvgIpc) is 2.97. The molecule has 1 amide bonds. The van der Waals surface area contributed by atoms with Crippen LogP contribution in [0.15, 0.2) is 34.7 Å². The molecule has 0 bridgehead atoms. The first-order valence-corrected chi connectivity index (χ1v) is 7.41. The van der Waals surface area contributed by atoms with Crippen molar-refractivity contribution in [2.24, 2.45) is 5.73 Å². The summed E-state index contributed by atoms with van der Waals surface area (Å²) in [5, 5.41) is 0.969. The van der Waals surface area contributed by atoms with Gasteiger partial charge in [0.2, 0.25) is 0 Å². The zero-order valence-corrected chi connectivity index (χ0v) is 12.3. The lowest BCUT2D eigenvalue weighted by molar-refractivity contribution is 0.0562. The van der Waals surface area contributed by atoms with Crippen molar-refractivity contribution < 1.29 is 9.21 Å². The molecule has 1 atom stereocenters. The van der Waals surface area contributed by atoms with Gasteiger partial charge in [-0.25, -0.2) is 0 Å². The smallest absolute Gasteiger partial charge is 0.289 e. The molecule has 1 aromatic heterocycles. The second kappa shape index (κ2) is 5.87. The van der Waals surface area contributed by atoms with Crippen LogP contribution in [0, 0.1) is 0 Å². The number of hydrogen-bond donors (Lipinski definition) is 1. The summed E-state index contributed by atoms with van der Waals surface area (Å²) in [5.74, 6) is 0.405. The van der Waals surface area contributed by atoms with Crippen molar-refractivity contribution in [3.8, 4) is 0 Å². The molecule has 2 N–H and O–H groups in total. The molecule has 1 unspecified atom stereocenters. The van der Waals surface area contributed by atoms with E-state index < -0.39 is 0 Å². The van der Waals surface area contributed by atoms with Crippen LogP contribution in [0.5, 0.6) is 0 Å². The Bertz CT molecular complexity index is 596. The highest BCUT2D eigenvalue weighted by Crippen LogP contribution is 2.20. The molecule has 3 rings (SSSR count). The molecule has 1 fully saturated rings. The van der Waals surface area contributed by atoms with Gasteiger partial charge in [0.25, 0.3) is 5.91 Å². The van der Waals surface area contributed by atoms with E-state index in [0.717, 1.165) is 37.1 Å². The van der Waals surface area contributed by atoms with Crippen molar-refractivity contribution >= 4 is 16.9 Å². The van der Waals surface area contributed by atoms with Crippen LogP contribution in [0.3, 0.4) is 0 Å². The summed E-state index contributed by atoms with van der Waals surface area (Å²) >= 11 is 0. The Labute approximate surface area is 124 Å². The van der Waals surface area contributed by atoms with E-state index in [9.17, 15) is 4.79 Å². The minimum absolute atomic E-state index is 0.0220.